The molecule has 1 heterocycles. The standard InChI is InChI=1S/C24H32N4/c1-7-8-26(5)16-25-22-13-21(24-19(3)11-18(2)12-20(24)4)14-23(15-22)28-10-9-27(6)17-28/h7-15,25H,16-17H2,1-6H3/b8-7-/i5D3,6D3. The van der Waals surface area contributed by atoms with E-state index in [0.717, 1.165) is 33.6 Å². The van der Waals surface area contributed by atoms with Crippen LogP contribution in [0.4, 0.5) is 11.4 Å². The molecular formula is C24H32N4. The van der Waals surface area contributed by atoms with Gasteiger partial charge in [0.2, 0.25) is 0 Å². The van der Waals surface area contributed by atoms with Gasteiger partial charge in [-0.05, 0) is 74.3 Å². The molecule has 3 rings (SSSR count). The topological polar surface area (TPSA) is 21.8 Å². The van der Waals surface area contributed by atoms with Gasteiger partial charge in [-0.2, -0.15) is 0 Å². The molecule has 0 bridgehead atoms. The number of nitrogens with one attached hydrogen (secondary N) is 1. The van der Waals surface area contributed by atoms with E-state index in [0.29, 0.717) is 0 Å². The highest BCUT2D eigenvalue weighted by Gasteiger charge is 2.15. The molecule has 28 heavy (non-hydrogen) atoms. The fourth-order valence-electron chi connectivity index (χ4n) is 3.65. The minimum Gasteiger partial charge on any atom is -0.368 e. The Kier molecular flexibility index (Phi) is 4.01. The van der Waals surface area contributed by atoms with E-state index in [9.17, 15) is 0 Å². The van der Waals surface area contributed by atoms with Crippen LogP contribution in [0.1, 0.15) is 31.8 Å². The second kappa shape index (κ2) is 8.42. The van der Waals surface area contributed by atoms with Gasteiger partial charge in [0, 0.05) is 46.0 Å². The van der Waals surface area contributed by atoms with Crippen molar-refractivity contribution in [1.29, 1.82) is 0 Å². The molecular weight excluding hydrogens is 344 g/mol. The summed E-state index contributed by atoms with van der Waals surface area (Å²) in [4.78, 5) is 4.43. The molecule has 0 unspecified atom stereocenters. The zero-order chi connectivity index (χ0) is 25.3. The van der Waals surface area contributed by atoms with Gasteiger partial charge in [0.25, 0.3) is 0 Å². The monoisotopic (exact) mass is 382 g/mol. The fourth-order valence-corrected chi connectivity index (χ4v) is 3.65. The summed E-state index contributed by atoms with van der Waals surface area (Å²) in [5, 5.41) is 3.24. The molecule has 148 valence electrons. The lowest BCUT2D eigenvalue weighted by Gasteiger charge is -2.23. The summed E-state index contributed by atoms with van der Waals surface area (Å²) in [5.41, 5.74) is 7.10. The zero-order valence-corrected chi connectivity index (χ0v) is 17.0. The number of anilines is 2. The molecule has 0 saturated carbocycles. The SMILES string of the molecule is [2H]C([2H])([2H])N1C=CN(c2cc(NCN(/C=C\C)C([2H])([2H])[2H])cc(-c3c(C)cc(C)cc3C)c2)C1. The number of benzene rings is 2. The molecule has 4 nitrogen and oxygen atoms in total. The van der Waals surface area contributed by atoms with E-state index in [2.05, 4.69) is 38.2 Å². The normalized spacial score (nSPS) is 17.7. The van der Waals surface area contributed by atoms with Crippen molar-refractivity contribution in [2.75, 3.05) is 37.5 Å². The van der Waals surface area contributed by atoms with E-state index in [1.165, 1.54) is 21.6 Å². The zero-order valence-electron chi connectivity index (χ0n) is 23.0. The Labute approximate surface area is 178 Å². The Morgan fingerprint density at radius 2 is 1.89 bits per heavy atom. The van der Waals surface area contributed by atoms with E-state index in [4.69, 9.17) is 8.22 Å². The summed E-state index contributed by atoms with van der Waals surface area (Å²) in [7, 11) is 0. The maximum absolute atomic E-state index is 7.76. The van der Waals surface area contributed by atoms with Crippen molar-refractivity contribution in [3.05, 3.63) is 71.7 Å². The minimum atomic E-state index is -2.28. The highest BCUT2D eigenvalue weighted by molar-refractivity contribution is 5.79. The van der Waals surface area contributed by atoms with Crippen LogP contribution in [-0.4, -0.2) is 37.1 Å². The van der Waals surface area contributed by atoms with Gasteiger partial charge < -0.3 is 20.0 Å². The second-order valence-electron chi connectivity index (χ2n) is 7.21. The molecule has 2 aromatic rings. The first-order valence-electron chi connectivity index (χ1n) is 12.4. The molecule has 1 aliphatic heterocycles. The Morgan fingerprint density at radius 3 is 2.54 bits per heavy atom. The number of hydrogen-bond acceptors (Lipinski definition) is 4. The Bertz CT molecular complexity index is 1060. The highest BCUT2D eigenvalue weighted by atomic mass is 15.3. The first-order chi connectivity index (χ1) is 15.8. The van der Waals surface area contributed by atoms with Crippen molar-refractivity contribution >= 4 is 11.4 Å². The summed E-state index contributed by atoms with van der Waals surface area (Å²) in [5.74, 6) is 0. The second-order valence-corrected chi connectivity index (χ2v) is 7.21. The number of aryl methyl sites for hydroxylation is 3. The number of rotatable bonds is 6. The summed E-state index contributed by atoms with van der Waals surface area (Å²) < 4.78 is 46.4. The van der Waals surface area contributed by atoms with E-state index in [1.807, 2.05) is 23.1 Å². The van der Waals surface area contributed by atoms with Crippen molar-refractivity contribution in [3.8, 4) is 11.1 Å². The van der Waals surface area contributed by atoms with Gasteiger partial charge in [-0.25, -0.2) is 0 Å². The van der Waals surface area contributed by atoms with Gasteiger partial charge in [0.15, 0.2) is 0 Å². The number of nitrogens with zero attached hydrogens (tertiary/aromatic N) is 3. The Balaban J connectivity index is 2.02. The molecule has 2 aromatic carbocycles. The first-order valence-corrected chi connectivity index (χ1v) is 9.38. The molecule has 0 saturated heterocycles. The molecule has 0 aromatic heterocycles. The molecule has 0 fully saturated rings. The molecule has 1 N–H and O–H groups in total. The van der Waals surface area contributed by atoms with Crippen LogP contribution >= 0.6 is 0 Å². The molecule has 4 heteroatoms. The van der Waals surface area contributed by atoms with E-state index < -0.39 is 14.0 Å². The maximum Gasteiger partial charge on any atom is 0.0938 e. The largest absolute Gasteiger partial charge is 0.368 e. The Hall–Kier alpha value is -2.88. The van der Waals surface area contributed by atoms with Gasteiger partial charge in [0.05, 0.1) is 13.3 Å². The van der Waals surface area contributed by atoms with Gasteiger partial charge in [-0.1, -0.05) is 23.8 Å². The average molecular weight is 383 g/mol. The third kappa shape index (κ3) is 4.50. The van der Waals surface area contributed by atoms with Crippen LogP contribution in [0.5, 0.6) is 0 Å². The van der Waals surface area contributed by atoms with Crippen molar-refractivity contribution in [2.24, 2.45) is 0 Å². The highest BCUT2D eigenvalue weighted by Crippen LogP contribution is 2.34. The van der Waals surface area contributed by atoms with Crippen LogP contribution in [0.15, 0.2) is 55.0 Å². The summed E-state index contributed by atoms with van der Waals surface area (Å²) in [6.45, 7) is 3.78. The van der Waals surface area contributed by atoms with Gasteiger partial charge in [-0.15, -0.1) is 0 Å². The van der Waals surface area contributed by atoms with Crippen LogP contribution in [0.2, 0.25) is 0 Å². The number of hydrogen-bond donors (Lipinski definition) is 1. The van der Waals surface area contributed by atoms with Gasteiger partial charge in [-0.3, -0.25) is 0 Å². The van der Waals surface area contributed by atoms with Crippen LogP contribution in [-0.2, 0) is 0 Å². The molecule has 0 atom stereocenters. The summed E-state index contributed by atoms with van der Waals surface area (Å²) in [6, 6.07) is 10.2. The average Bonchev–Trinajstić information content (AvgIpc) is 3.20. The summed E-state index contributed by atoms with van der Waals surface area (Å²) >= 11 is 0. The maximum atomic E-state index is 7.76. The van der Waals surface area contributed by atoms with Crippen LogP contribution in [0.25, 0.3) is 11.1 Å². The van der Waals surface area contributed by atoms with Crippen LogP contribution in [0.3, 0.4) is 0 Å². The minimum absolute atomic E-state index is 0.0901. The fraction of sp³-hybridized carbons (Fsp3) is 0.333. The van der Waals surface area contributed by atoms with Gasteiger partial charge in [0.1, 0.15) is 0 Å². The first kappa shape index (κ1) is 13.3. The predicted octanol–water partition coefficient (Wildman–Crippen LogP) is 5.29. The van der Waals surface area contributed by atoms with Crippen molar-refractivity contribution in [1.82, 2.24) is 9.80 Å². The molecule has 0 radical (unpaired) electrons. The lowest BCUT2D eigenvalue weighted by Crippen LogP contribution is -2.22. The Morgan fingerprint density at radius 1 is 1.11 bits per heavy atom. The quantitative estimate of drug-likeness (QED) is 0.685. The van der Waals surface area contributed by atoms with E-state index in [-0.39, 0.29) is 13.3 Å². The lowest BCUT2D eigenvalue weighted by atomic mass is 9.93. The number of allylic oxidation sites excluding steroid dienone is 1. The van der Waals surface area contributed by atoms with E-state index in [1.54, 1.807) is 25.4 Å². The third-order valence-corrected chi connectivity index (χ3v) is 4.73. The molecule has 0 aliphatic carbocycles. The van der Waals surface area contributed by atoms with Crippen LogP contribution < -0.4 is 10.2 Å². The van der Waals surface area contributed by atoms with Gasteiger partial charge >= 0.3 is 0 Å². The van der Waals surface area contributed by atoms with Crippen molar-refractivity contribution < 1.29 is 8.22 Å². The van der Waals surface area contributed by atoms with Crippen molar-refractivity contribution in [2.45, 2.75) is 27.7 Å². The molecule has 0 amide bonds. The van der Waals surface area contributed by atoms with Crippen LogP contribution in [0, 0.1) is 20.8 Å². The summed E-state index contributed by atoms with van der Waals surface area (Å²) in [6.07, 6.45) is 6.54. The smallest absolute Gasteiger partial charge is 0.0938 e. The predicted molar refractivity (Wildman–Crippen MR) is 121 cm³/mol. The lowest BCUT2D eigenvalue weighted by molar-refractivity contribution is 0.490. The third-order valence-electron chi connectivity index (χ3n) is 4.73. The molecule has 1 aliphatic rings. The molecule has 0 spiro atoms. The van der Waals surface area contributed by atoms with Crippen molar-refractivity contribution in [3.63, 3.8) is 0 Å². The van der Waals surface area contributed by atoms with E-state index >= 15 is 0 Å².